The number of nitrogens with zero attached hydrogens (tertiary/aromatic N) is 1. The number of hydrogen-bond donors (Lipinski definition) is 1. The first kappa shape index (κ1) is 11.3. The van der Waals surface area contributed by atoms with Crippen LogP contribution in [-0.2, 0) is 16.6 Å². The van der Waals surface area contributed by atoms with E-state index in [1.165, 1.54) is 11.3 Å². The fraction of sp³-hybridized carbons (Fsp3) is 0.182. The highest BCUT2D eigenvalue weighted by Crippen LogP contribution is 2.20. The molecule has 16 heavy (non-hydrogen) atoms. The van der Waals surface area contributed by atoms with Crippen molar-refractivity contribution in [2.24, 2.45) is 0 Å². The van der Waals surface area contributed by atoms with E-state index in [4.69, 9.17) is 5.73 Å². The van der Waals surface area contributed by atoms with Crippen LogP contribution in [0.3, 0.4) is 0 Å². The first-order valence-corrected chi connectivity index (χ1v) is 6.98. The fourth-order valence-corrected chi connectivity index (χ4v) is 3.55. The van der Waals surface area contributed by atoms with Gasteiger partial charge in [0.05, 0.1) is 22.1 Å². The zero-order chi connectivity index (χ0) is 11.5. The number of anilines is 1. The Morgan fingerprint density at radius 3 is 2.94 bits per heavy atom. The van der Waals surface area contributed by atoms with Gasteiger partial charge in [0.2, 0.25) is 0 Å². The molecule has 0 aliphatic carbocycles. The maximum atomic E-state index is 12.1. The maximum absolute atomic E-state index is 12.1. The number of hydrogen-bond acceptors (Lipinski definition) is 4. The molecule has 2 N–H and O–H groups in total. The molecule has 1 aromatic carbocycles. The summed E-state index contributed by atoms with van der Waals surface area (Å²) in [6, 6.07) is 5.47. The molecule has 2 aromatic rings. The minimum atomic E-state index is -1.02. The molecular formula is C11H12N2OS2. The van der Waals surface area contributed by atoms with Crippen LogP contribution in [0.15, 0.2) is 34.8 Å². The molecule has 5 heteroatoms. The molecule has 0 bridgehead atoms. The van der Waals surface area contributed by atoms with Gasteiger partial charge in [-0.05, 0) is 30.7 Å². The molecule has 0 saturated carbocycles. The minimum Gasteiger partial charge on any atom is -0.399 e. The maximum Gasteiger partial charge on any atom is 0.0794 e. The van der Waals surface area contributed by atoms with E-state index in [1.54, 1.807) is 17.8 Å². The number of thiazole rings is 1. The van der Waals surface area contributed by atoms with E-state index < -0.39 is 10.8 Å². The molecule has 84 valence electrons. The van der Waals surface area contributed by atoms with Gasteiger partial charge in [0.25, 0.3) is 0 Å². The van der Waals surface area contributed by atoms with E-state index in [2.05, 4.69) is 4.98 Å². The Hall–Kier alpha value is -1.20. The number of benzene rings is 1. The molecule has 0 fully saturated rings. The zero-order valence-electron chi connectivity index (χ0n) is 8.84. The summed E-state index contributed by atoms with van der Waals surface area (Å²) >= 11 is 1.53. The Balaban J connectivity index is 2.21. The molecule has 1 atom stereocenters. The van der Waals surface area contributed by atoms with Crippen molar-refractivity contribution in [3.8, 4) is 0 Å². The summed E-state index contributed by atoms with van der Waals surface area (Å²) < 4.78 is 12.1. The number of aryl methyl sites for hydroxylation is 1. The van der Waals surface area contributed by atoms with Gasteiger partial charge in [0.15, 0.2) is 0 Å². The quantitative estimate of drug-likeness (QED) is 0.853. The summed E-state index contributed by atoms with van der Waals surface area (Å²) in [6.45, 7) is 1.93. The average Bonchev–Trinajstić information content (AvgIpc) is 2.70. The van der Waals surface area contributed by atoms with Crippen molar-refractivity contribution in [2.75, 3.05) is 5.73 Å². The molecule has 0 saturated heterocycles. The Kier molecular flexibility index (Phi) is 3.36. The number of aromatic nitrogens is 1. The van der Waals surface area contributed by atoms with Crippen molar-refractivity contribution in [3.05, 3.63) is 40.3 Å². The van der Waals surface area contributed by atoms with E-state index >= 15 is 0 Å². The molecule has 0 spiro atoms. The average molecular weight is 252 g/mol. The molecule has 2 rings (SSSR count). The lowest BCUT2D eigenvalue weighted by molar-refractivity contribution is 0.682. The predicted octanol–water partition coefficient (Wildman–Crippen LogP) is 2.34. The molecule has 0 radical (unpaired) electrons. The van der Waals surface area contributed by atoms with E-state index in [0.717, 1.165) is 15.3 Å². The van der Waals surface area contributed by atoms with Gasteiger partial charge in [0, 0.05) is 21.7 Å². The number of rotatable bonds is 3. The first-order chi connectivity index (χ1) is 7.66. The van der Waals surface area contributed by atoms with Gasteiger partial charge < -0.3 is 5.73 Å². The van der Waals surface area contributed by atoms with Crippen molar-refractivity contribution >= 4 is 27.8 Å². The summed E-state index contributed by atoms with van der Waals surface area (Å²) in [5.74, 6) is 0.523. The topological polar surface area (TPSA) is 56.0 Å². The van der Waals surface area contributed by atoms with Gasteiger partial charge in [-0.2, -0.15) is 0 Å². The fourth-order valence-electron chi connectivity index (χ4n) is 1.45. The monoisotopic (exact) mass is 252 g/mol. The second kappa shape index (κ2) is 4.76. The highest BCUT2D eigenvalue weighted by Gasteiger charge is 2.09. The van der Waals surface area contributed by atoms with Crippen LogP contribution < -0.4 is 5.73 Å². The highest BCUT2D eigenvalue weighted by atomic mass is 32.2. The van der Waals surface area contributed by atoms with Gasteiger partial charge in [-0.15, -0.1) is 11.3 Å². The van der Waals surface area contributed by atoms with Crippen LogP contribution in [0.25, 0.3) is 0 Å². The molecule has 0 amide bonds. The van der Waals surface area contributed by atoms with Gasteiger partial charge in [-0.25, -0.2) is 0 Å². The lowest BCUT2D eigenvalue weighted by atomic mass is 10.2. The molecule has 0 aliphatic heterocycles. The van der Waals surface area contributed by atoms with E-state index in [9.17, 15) is 4.21 Å². The van der Waals surface area contributed by atoms with Gasteiger partial charge in [-0.1, -0.05) is 0 Å². The Morgan fingerprint density at radius 2 is 2.31 bits per heavy atom. The van der Waals surface area contributed by atoms with Crippen LogP contribution in [0.4, 0.5) is 5.69 Å². The smallest absolute Gasteiger partial charge is 0.0794 e. The van der Waals surface area contributed by atoms with Crippen LogP contribution in [0.1, 0.15) is 10.4 Å². The molecular weight excluding hydrogens is 240 g/mol. The Morgan fingerprint density at radius 1 is 1.50 bits per heavy atom. The van der Waals surface area contributed by atoms with Crippen LogP contribution in [0.2, 0.25) is 0 Å². The minimum absolute atomic E-state index is 0.523. The van der Waals surface area contributed by atoms with Crippen molar-refractivity contribution in [1.82, 2.24) is 4.98 Å². The molecule has 1 aromatic heterocycles. The standard InChI is InChI=1S/C11H12N2OS2/c1-8-4-9(12)2-3-11(8)16(14)6-10-5-13-7-15-10/h2-5,7H,6,12H2,1H3. The van der Waals surface area contributed by atoms with Crippen molar-refractivity contribution < 1.29 is 4.21 Å². The van der Waals surface area contributed by atoms with Crippen molar-refractivity contribution in [1.29, 1.82) is 0 Å². The Labute approximate surface area is 101 Å². The van der Waals surface area contributed by atoms with Crippen LogP contribution in [0.5, 0.6) is 0 Å². The predicted molar refractivity (Wildman–Crippen MR) is 67.8 cm³/mol. The third-order valence-electron chi connectivity index (χ3n) is 2.20. The van der Waals surface area contributed by atoms with Gasteiger partial charge in [0.1, 0.15) is 0 Å². The second-order valence-electron chi connectivity index (χ2n) is 3.48. The van der Waals surface area contributed by atoms with Crippen molar-refractivity contribution in [2.45, 2.75) is 17.6 Å². The number of nitrogen functional groups attached to an aromatic ring is 1. The molecule has 1 unspecified atom stereocenters. The normalized spacial score (nSPS) is 12.6. The summed E-state index contributed by atoms with van der Waals surface area (Å²) in [5, 5.41) is 0. The summed E-state index contributed by atoms with van der Waals surface area (Å²) in [7, 11) is -1.02. The largest absolute Gasteiger partial charge is 0.399 e. The van der Waals surface area contributed by atoms with Crippen LogP contribution in [-0.4, -0.2) is 9.19 Å². The van der Waals surface area contributed by atoms with Gasteiger partial charge >= 0.3 is 0 Å². The molecule has 3 nitrogen and oxygen atoms in total. The van der Waals surface area contributed by atoms with Gasteiger partial charge in [-0.3, -0.25) is 9.19 Å². The highest BCUT2D eigenvalue weighted by molar-refractivity contribution is 7.84. The van der Waals surface area contributed by atoms with E-state index in [-0.39, 0.29) is 0 Å². The van der Waals surface area contributed by atoms with Crippen LogP contribution in [0, 0.1) is 6.92 Å². The lowest BCUT2D eigenvalue weighted by Gasteiger charge is -2.05. The first-order valence-electron chi connectivity index (χ1n) is 4.78. The van der Waals surface area contributed by atoms with Crippen LogP contribution >= 0.6 is 11.3 Å². The van der Waals surface area contributed by atoms with Crippen molar-refractivity contribution in [3.63, 3.8) is 0 Å². The Bertz CT molecular complexity index is 509. The summed E-state index contributed by atoms with van der Waals surface area (Å²) in [5.41, 5.74) is 9.09. The third-order valence-corrected chi connectivity index (χ3v) is 4.69. The van der Waals surface area contributed by atoms with E-state index in [0.29, 0.717) is 11.4 Å². The summed E-state index contributed by atoms with van der Waals surface area (Å²) in [6.07, 6.45) is 1.76. The molecule has 1 heterocycles. The third kappa shape index (κ3) is 2.48. The molecule has 0 aliphatic rings. The zero-order valence-corrected chi connectivity index (χ0v) is 10.5. The second-order valence-corrected chi connectivity index (χ2v) is 5.87. The lowest BCUT2D eigenvalue weighted by Crippen LogP contribution is -1.98. The SMILES string of the molecule is Cc1cc(N)ccc1S(=O)Cc1cncs1. The number of nitrogens with two attached hydrogens (primary N) is 1. The summed E-state index contributed by atoms with van der Waals surface area (Å²) in [4.78, 5) is 5.86. The van der Waals surface area contributed by atoms with E-state index in [1.807, 2.05) is 19.1 Å².